The summed E-state index contributed by atoms with van der Waals surface area (Å²) in [6.45, 7) is 1.61. The lowest BCUT2D eigenvalue weighted by atomic mass is 10.6. The summed E-state index contributed by atoms with van der Waals surface area (Å²) in [5.74, 6) is 0. The Hall–Kier alpha value is -0.460. The SMILES string of the molecule is Cc1ncsc1S(N)(=O)=O. The maximum absolute atomic E-state index is 10.7. The van der Waals surface area contributed by atoms with Gasteiger partial charge in [0.05, 0.1) is 11.2 Å². The predicted octanol–water partition coefficient (Wildman–Crippen LogP) is 0.0989. The van der Waals surface area contributed by atoms with Crippen LogP contribution in [0.5, 0.6) is 0 Å². The van der Waals surface area contributed by atoms with E-state index < -0.39 is 10.0 Å². The molecular formula is C4H6N2O2S2. The first-order chi connectivity index (χ1) is 4.52. The second-order valence-electron chi connectivity index (χ2n) is 1.77. The zero-order valence-electron chi connectivity index (χ0n) is 5.23. The van der Waals surface area contributed by atoms with Crippen molar-refractivity contribution < 1.29 is 8.42 Å². The van der Waals surface area contributed by atoms with E-state index >= 15 is 0 Å². The summed E-state index contributed by atoms with van der Waals surface area (Å²) in [5.41, 5.74) is 1.92. The van der Waals surface area contributed by atoms with Crippen LogP contribution in [-0.4, -0.2) is 13.4 Å². The molecule has 0 atom stereocenters. The molecule has 10 heavy (non-hydrogen) atoms. The highest BCUT2D eigenvalue weighted by Crippen LogP contribution is 2.16. The molecule has 0 aliphatic heterocycles. The third-order valence-corrected chi connectivity index (χ3v) is 3.48. The Kier molecular flexibility index (Phi) is 1.76. The van der Waals surface area contributed by atoms with Crippen molar-refractivity contribution in [2.45, 2.75) is 11.1 Å². The number of hydrogen-bond acceptors (Lipinski definition) is 4. The molecule has 0 amide bonds. The molecule has 0 unspecified atom stereocenters. The van der Waals surface area contributed by atoms with E-state index in [1.165, 1.54) is 5.51 Å². The minimum Gasteiger partial charge on any atom is -0.249 e. The molecule has 0 saturated carbocycles. The van der Waals surface area contributed by atoms with Gasteiger partial charge in [-0.1, -0.05) is 0 Å². The van der Waals surface area contributed by atoms with Crippen molar-refractivity contribution in [3.8, 4) is 0 Å². The van der Waals surface area contributed by atoms with Crippen molar-refractivity contribution in [2.24, 2.45) is 5.14 Å². The Labute approximate surface area is 62.8 Å². The predicted molar refractivity (Wildman–Crippen MR) is 38.2 cm³/mol. The van der Waals surface area contributed by atoms with Crippen molar-refractivity contribution in [3.05, 3.63) is 11.2 Å². The quantitative estimate of drug-likeness (QED) is 0.662. The lowest BCUT2D eigenvalue weighted by Gasteiger charge is -1.90. The summed E-state index contributed by atoms with van der Waals surface area (Å²) in [7, 11) is -3.53. The van der Waals surface area contributed by atoms with Crippen LogP contribution < -0.4 is 5.14 Å². The van der Waals surface area contributed by atoms with Gasteiger partial charge in [0.2, 0.25) is 10.0 Å². The number of aromatic nitrogens is 1. The first-order valence-corrected chi connectivity index (χ1v) is 4.87. The number of primary sulfonamides is 1. The number of aryl methyl sites for hydroxylation is 1. The van der Waals surface area contributed by atoms with Gasteiger partial charge in [-0.15, -0.1) is 11.3 Å². The Bertz CT molecular complexity index is 327. The number of thiazole rings is 1. The highest BCUT2D eigenvalue weighted by molar-refractivity contribution is 7.91. The molecule has 0 saturated heterocycles. The fourth-order valence-electron chi connectivity index (χ4n) is 0.564. The van der Waals surface area contributed by atoms with Crippen LogP contribution in [0.15, 0.2) is 9.72 Å². The number of hydrogen-bond donors (Lipinski definition) is 1. The van der Waals surface area contributed by atoms with Crippen molar-refractivity contribution in [2.75, 3.05) is 0 Å². The van der Waals surface area contributed by atoms with Crippen LogP contribution in [0.3, 0.4) is 0 Å². The molecule has 4 nitrogen and oxygen atoms in total. The second-order valence-corrected chi connectivity index (χ2v) is 4.38. The van der Waals surface area contributed by atoms with Gasteiger partial charge in [-0.25, -0.2) is 18.5 Å². The van der Waals surface area contributed by atoms with E-state index in [4.69, 9.17) is 5.14 Å². The van der Waals surface area contributed by atoms with E-state index in [2.05, 4.69) is 4.98 Å². The molecule has 0 aliphatic carbocycles. The van der Waals surface area contributed by atoms with Crippen molar-refractivity contribution in [1.82, 2.24) is 4.98 Å². The average Bonchev–Trinajstić information content (AvgIpc) is 2.11. The molecule has 1 rings (SSSR count). The van der Waals surface area contributed by atoms with Crippen molar-refractivity contribution in [1.29, 1.82) is 0 Å². The minimum atomic E-state index is -3.53. The fourth-order valence-corrected chi connectivity index (χ4v) is 2.22. The van der Waals surface area contributed by atoms with Crippen molar-refractivity contribution in [3.63, 3.8) is 0 Å². The molecule has 0 bridgehead atoms. The molecule has 0 aromatic carbocycles. The zero-order chi connectivity index (χ0) is 7.78. The molecule has 1 aromatic rings. The molecule has 1 heterocycles. The standard InChI is InChI=1S/C4H6N2O2S2/c1-3-4(9-2-6-3)10(5,7)8/h2H,1H3,(H2,5,7,8). The van der Waals surface area contributed by atoms with E-state index in [1.54, 1.807) is 6.92 Å². The maximum Gasteiger partial charge on any atom is 0.249 e. The molecular weight excluding hydrogens is 172 g/mol. The first-order valence-electron chi connectivity index (χ1n) is 2.44. The van der Waals surface area contributed by atoms with Crippen LogP contribution in [-0.2, 0) is 10.0 Å². The van der Waals surface area contributed by atoms with E-state index in [1.807, 2.05) is 0 Å². The van der Waals surface area contributed by atoms with Crippen molar-refractivity contribution >= 4 is 21.4 Å². The van der Waals surface area contributed by atoms with Crippen LogP contribution >= 0.6 is 11.3 Å². The molecule has 0 radical (unpaired) electrons. The lowest BCUT2D eigenvalue weighted by molar-refractivity contribution is 0.599. The summed E-state index contributed by atoms with van der Waals surface area (Å²) >= 11 is 1.03. The van der Waals surface area contributed by atoms with Gasteiger partial charge in [0.1, 0.15) is 0 Å². The Balaban J connectivity index is 3.32. The summed E-state index contributed by atoms with van der Waals surface area (Å²) in [6.07, 6.45) is 0. The Morgan fingerprint density at radius 3 is 2.50 bits per heavy atom. The van der Waals surface area contributed by atoms with Gasteiger partial charge < -0.3 is 0 Å². The summed E-state index contributed by atoms with van der Waals surface area (Å²) in [5, 5.41) is 4.84. The van der Waals surface area contributed by atoms with Gasteiger partial charge >= 0.3 is 0 Å². The highest BCUT2D eigenvalue weighted by atomic mass is 32.2. The average molecular weight is 178 g/mol. The normalized spacial score (nSPS) is 11.8. The monoisotopic (exact) mass is 178 g/mol. The summed E-state index contributed by atoms with van der Waals surface area (Å²) in [4.78, 5) is 3.74. The van der Waals surface area contributed by atoms with Crippen LogP contribution in [0.1, 0.15) is 5.69 Å². The molecule has 2 N–H and O–H groups in total. The van der Waals surface area contributed by atoms with Crippen LogP contribution in [0.25, 0.3) is 0 Å². The minimum absolute atomic E-state index is 0.146. The number of rotatable bonds is 1. The molecule has 56 valence electrons. The molecule has 1 aromatic heterocycles. The van der Waals surface area contributed by atoms with Gasteiger partial charge in [-0.3, -0.25) is 0 Å². The third-order valence-electron chi connectivity index (χ3n) is 0.960. The number of nitrogens with two attached hydrogens (primary N) is 1. The fraction of sp³-hybridized carbons (Fsp3) is 0.250. The first kappa shape index (κ1) is 7.64. The number of nitrogens with zero attached hydrogens (tertiary/aromatic N) is 1. The van der Waals surface area contributed by atoms with Gasteiger partial charge in [-0.05, 0) is 6.92 Å². The topological polar surface area (TPSA) is 73.0 Å². The van der Waals surface area contributed by atoms with Gasteiger partial charge in [-0.2, -0.15) is 0 Å². The van der Waals surface area contributed by atoms with Gasteiger partial charge in [0, 0.05) is 0 Å². The highest BCUT2D eigenvalue weighted by Gasteiger charge is 2.12. The van der Waals surface area contributed by atoms with Gasteiger partial charge in [0.25, 0.3) is 0 Å². The lowest BCUT2D eigenvalue weighted by Crippen LogP contribution is -2.11. The Morgan fingerprint density at radius 2 is 2.30 bits per heavy atom. The maximum atomic E-state index is 10.7. The molecule has 0 fully saturated rings. The number of sulfonamides is 1. The zero-order valence-corrected chi connectivity index (χ0v) is 6.87. The second kappa shape index (κ2) is 2.30. The van der Waals surface area contributed by atoms with Crippen LogP contribution in [0, 0.1) is 6.92 Å². The van der Waals surface area contributed by atoms with Crippen LogP contribution in [0.2, 0.25) is 0 Å². The van der Waals surface area contributed by atoms with Gasteiger partial charge in [0.15, 0.2) is 4.21 Å². The van der Waals surface area contributed by atoms with E-state index in [0.717, 1.165) is 11.3 Å². The summed E-state index contributed by atoms with van der Waals surface area (Å²) < 4.78 is 21.5. The molecule has 0 spiro atoms. The van der Waals surface area contributed by atoms with E-state index in [-0.39, 0.29) is 4.21 Å². The van der Waals surface area contributed by atoms with E-state index in [9.17, 15) is 8.42 Å². The molecule has 6 heteroatoms. The smallest absolute Gasteiger partial charge is 0.249 e. The largest absolute Gasteiger partial charge is 0.249 e. The van der Waals surface area contributed by atoms with Crippen LogP contribution in [0.4, 0.5) is 0 Å². The Morgan fingerprint density at radius 1 is 1.70 bits per heavy atom. The third kappa shape index (κ3) is 1.34. The van der Waals surface area contributed by atoms with E-state index in [0.29, 0.717) is 5.69 Å². The molecule has 0 aliphatic rings. The summed E-state index contributed by atoms with van der Waals surface area (Å²) in [6, 6.07) is 0.